The molecule has 1 amide bonds. The van der Waals surface area contributed by atoms with Gasteiger partial charge in [0.1, 0.15) is 0 Å². The van der Waals surface area contributed by atoms with Crippen LogP contribution in [0.5, 0.6) is 0 Å². The Labute approximate surface area is 43.7 Å². The van der Waals surface area contributed by atoms with Gasteiger partial charge in [0.25, 0.3) is 0 Å². The summed E-state index contributed by atoms with van der Waals surface area (Å²) in [5.74, 6) is -0.333. The molecule has 0 aliphatic carbocycles. The summed E-state index contributed by atoms with van der Waals surface area (Å²) in [4.78, 5) is 9.22. The lowest BCUT2D eigenvalue weighted by molar-refractivity contribution is -0.115. The van der Waals surface area contributed by atoms with E-state index in [0.717, 1.165) is 6.54 Å². The van der Waals surface area contributed by atoms with Gasteiger partial charge < -0.3 is 11.5 Å². The number of hydrogen-bond acceptors (Lipinski definition) is 2. The van der Waals surface area contributed by atoms with Gasteiger partial charge in [0.2, 0.25) is 5.91 Å². The highest BCUT2D eigenvalue weighted by atomic mass is 16.1. The smallest absolute Gasteiger partial charge is 0.214 e. The molecule has 44 valence electrons. The summed E-state index contributed by atoms with van der Waals surface area (Å²) in [6, 6.07) is 0. The molecule has 0 aliphatic heterocycles. The molecule has 0 aromatic carbocycles. The highest BCUT2D eigenvalue weighted by Gasteiger charge is 1.61. The fraction of sp³-hybridized carbons (Fsp3) is 0.750. The Morgan fingerprint density at radius 2 is 1.71 bits per heavy atom. The van der Waals surface area contributed by atoms with E-state index < -0.39 is 0 Å². The van der Waals surface area contributed by atoms with Gasteiger partial charge in [-0.25, -0.2) is 0 Å². The number of primary amides is 1. The third-order valence-corrected chi connectivity index (χ3v) is 0. The Hall–Kier alpha value is -0.570. The molecular formula is C4H12N2O. The van der Waals surface area contributed by atoms with Crippen molar-refractivity contribution in [3.63, 3.8) is 0 Å². The van der Waals surface area contributed by atoms with Crippen molar-refractivity contribution in [3.8, 4) is 0 Å². The SMILES string of the molecule is CC(N)=O.CCN. The second-order valence-electron chi connectivity index (χ2n) is 1.02. The zero-order valence-corrected chi connectivity index (χ0v) is 4.77. The van der Waals surface area contributed by atoms with E-state index in [0.29, 0.717) is 0 Å². The predicted molar refractivity (Wildman–Crippen MR) is 29.6 cm³/mol. The molecule has 7 heavy (non-hydrogen) atoms. The molecule has 3 nitrogen and oxygen atoms in total. The van der Waals surface area contributed by atoms with Gasteiger partial charge in [-0.15, -0.1) is 0 Å². The number of carbonyl (C=O) groups excluding carboxylic acids is 1. The van der Waals surface area contributed by atoms with E-state index in [2.05, 4.69) is 5.73 Å². The van der Waals surface area contributed by atoms with Gasteiger partial charge in [0.15, 0.2) is 0 Å². The molecule has 0 radical (unpaired) electrons. The number of nitrogens with two attached hydrogens (primary N) is 2. The van der Waals surface area contributed by atoms with E-state index >= 15 is 0 Å². The maximum atomic E-state index is 9.22. The zero-order chi connectivity index (χ0) is 6.28. The normalized spacial score (nSPS) is 6.14. The van der Waals surface area contributed by atoms with Crippen LogP contribution in [-0.2, 0) is 4.79 Å². The van der Waals surface area contributed by atoms with Crippen LogP contribution in [0.4, 0.5) is 0 Å². The molecule has 0 fully saturated rings. The lowest BCUT2D eigenvalue weighted by Gasteiger charge is -1.60. The van der Waals surface area contributed by atoms with Crippen molar-refractivity contribution in [1.29, 1.82) is 0 Å². The molecule has 0 saturated carbocycles. The van der Waals surface area contributed by atoms with E-state index in [9.17, 15) is 4.79 Å². The van der Waals surface area contributed by atoms with Crippen molar-refractivity contribution < 1.29 is 4.79 Å². The first-order chi connectivity index (χ1) is 3.15. The van der Waals surface area contributed by atoms with Gasteiger partial charge in [-0.1, -0.05) is 6.92 Å². The molecule has 3 heteroatoms. The van der Waals surface area contributed by atoms with E-state index in [4.69, 9.17) is 5.73 Å². The number of amides is 1. The van der Waals surface area contributed by atoms with E-state index in [1.807, 2.05) is 6.92 Å². The number of rotatable bonds is 0. The first-order valence-corrected chi connectivity index (χ1v) is 2.11. The molecule has 4 N–H and O–H groups in total. The van der Waals surface area contributed by atoms with E-state index in [1.54, 1.807) is 0 Å². The van der Waals surface area contributed by atoms with Crippen LogP contribution in [0.1, 0.15) is 13.8 Å². The van der Waals surface area contributed by atoms with Gasteiger partial charge in [0.05, 0.1) is 0 Å². The second kappa shape index (κ2) is 9.06. The summed E-state index contributed by atoms with van der Waals surface area (Å²) >= 11 is 0. The van der Waals surface area contributed by atoms with Crippen molar-refractivity contribution in [2.24, 2.45) is 11.5 Å². The molecule has 0 aliphatic rings. The molecule has 0 aromatic heterocycles. The maximum absolute atomic E-state index is 9.22. The summed E-state index contributed by atoms with van der Waals surface area (Å²) < 4.78 is 0. The fourth-order valence-electron chi connectivity index (χ4n) is 0. The van der Waals surface area contributed by atoms with Crippen LogP contribution in [0.15, 0.2) is 0 Å². The summed E-state index contributed by atoms with van der Waals surface area (Å²) in [5, 5.41) is 0. The van der Waals surface area contributed by atoms with E-state index in [1.165, 1.54) is 6.92 Å². The third kappa shape index (κ3) is 197. The van der Waals surface area contributed by atoms with Crippen LogP contribution in [0.3, 0.4) is 0 Å². The number of carbonyl (C=O) groups is 1. The van der Waals surface area contributed by atoms with E-state index in [-0.39, 0.29) is 5.91 Å². The molecule has 0 saturated heterocycles. The minimum absolute atomic E-state index is 0.333. The molecule has 0 unspecified atom stereocenters. The van der Waals surface area contributed by atoms with Gasteiger partial charge >= 0.3 is 0 Å². The summed E-state index contributed by atoms with van der Waals surface area (Å²) in [6.07, 6.45) is 0. The van der Waals surface area contributed by atoms with Gasteiger partial charge in [-0.05, 0) is 6.54 Å². The van der Waals surface area contributed by atoms with Crippen molar-refractivity contribution >= 4 is 5.91 Å². The summed E-state index contributed by atoms with van der Waals surface area (Å²) in [6.45, 7) is 3.96. The Balaban J connectivity index is 0. The number of hydrogen-bond donors (Lipinski definition) is 2. The summed E-state index contributed by atoms with van der Waals surface area (Å²) in [5.41, 5.74) is 9.32. The van der Waals surface area contributed by atoms with Crippen LogP contribution in [0, 0.1) is 0 Å². The Bertz CT molecular complexity index is 41.0. The van der Waals surface area contributed by atoms with Gasteiger partial charge in [0, 0.05) is 6.92 Å². The largest absolute Gasteiger partial charge is 0.370 e. The molecule has 0 bridgehead atoms. The van der Waals surface area contributed by atoms with Crippen LogP contribution < -0.4 is 11.5 Å². The maximum Gasteiger partial charge on any atom is 0.214 e. The molecule has 0 rings (SSSR count). The Kier molecular flexibility index (Phi) is 12.5. The van der Waals surface area contributed by atoms with Gasteiger partial charge in [-0.3, -0.25) is 4.79 Å². The monoisotopic (exact) mass is 104 g/mol. The first-order valence-electron chi connectivity index (χ1n) is 2.11. The molecule has 0 spiro atoms. The summed E-state index contributed by atoms with van der Waals surface area (Å²) in [7, 11) is 0. The quantitative estimate of drug-likeness (QED) is 0.433. The first kappa shape index (κ1) is 9.66. The van der Waals surface area contributed by atoms with Crippen LogP contribution >= 0.6 is 0 Å². The average molecular weight is 104 g/mol. The van der Waals surface area contributed by atoms with Crippen molar-refractivity contribution in [2.75, 3.05) is 6.54 Å². The lowest BCUT2D eigenvalue weighted by atomic mass is 10.8. The van der Waals surface area contributed by atoms with Crippen molar-refractivity contribution in [3.05, 3.63) is 0 Å². The van der Waals surface area contributed by atoms with Gasteiger partial charge in [-0.2, -0.15) is 0 Å². The molecule has 0 atom stereocenters. The highest BCUT2D eigenvalue weighted by Crippen LogP contribution is 1.33. The fourth-order valence-corrected chi connectivity index (χ4v) is 0. The molecular weight excluding hydrogens is 92.1 g/mol. The minimum atomic E-state index is -0.333. The minimum Gasteiger partial charge on any atom is -0.370 e. The topological polar surface area (TPSA) is 69.1 Å². The van der Waals surface area contributed by atoms with Crippen molar-refractivity contribution in [1.82, 2.24) is 0 Å². The Morgan fingerprint density at radius 3 is 1.71 bits per heavy atom. The molecule has 0 heterocycles. The predicted octanol–water partition coefficient (Wildman–Crippen LogP) is -0.543. The van der Waals surface area contributed by atoms with Crippen LogP contribution in [0.25, 0.3) is 0 Å². The lowest BCUT2D eigenvalue weighted by Crippen LogP contribution is -2.01. The third-order valence-electron chi connectivity index (χ3n) is 0. The standard InChI is InChI=1S/C2H5NO.C2H7N/c1-2(3)4;1-2-3/h1H3,(H2,3,4);2-3H2,1H3. The average Bonchev–Trinajstić information content (AvgIpc) is 1.33. The van der Waals surface area contributed by atoms with Crippen LogP contribution in [-0.4, -0.2) is 12.5 Å². The van der Waals surface area contributed by atoms with Crippen LogP contribution in [0.2, 0.25) is 0 Å². The Morgan fingerprint density at radius 1 is 1.71 bits per heavy atom. The van der Waals surface area contributed by atoms with Crippen molar-refractivity contribution in [2.45, 2.75) is 13.8 Å². The highest BCUT2D eigenvalue weighted by molar-refractivity contribution is 5.70. The zero-order valence-electron chi connectivity index (χ0n) is 4.77. The molecule has 0 aromatic rings. The second-order valence-corrected chi connectivity index (χ2v) is 1.02.